The summed E-state index contributed by atoms with van der Waals surface area (Å²) in [6.45, 7) is 5.11. The Kier molecular flexibility index (Phi) is 3.48. The van der Waals surface area contributed by atoms with Gasteiger partial charge in [0, 0.05) is 17.2 Å². The van der Waals surface area contributed by atoms with Crippen molar-refractivity contribution in [2.75, 3.05) is 5.73 Å². The zero-order valence-corrected chi connectivity index (χ0v) is 12.0. The number of halogens is 2. The molecule has 0 atom stereocenters. The first-order chi connectivity index (χ1) is 10.5. The average molecular weight is 303 g/mol. The number of aryl methyl sites for hydroxylation is 1. The van der Waals surface area contributed by atoms with Crippen LogP contribution in [-0.4, -0.2) is 20.2 Å². The molecule has 3 N–H and O–H groups in total. The van der Waals surface area contributed by atoms with Crippen molar-refractivity contribution >= 4 is 11.9 Å². The molecule has 5 nitrogen and oxygen atoms in total. The van der Waals surface area contributed by atoms with Crippen LogP contribution in [0.5, 0.6) is 0 Å². The molecule has 2 aromatic rings. The van der Waals surface area contributed by atoms with E-state index in [-0.39, 0.29) is 17.6 Å². The number of hydrogen-bond acceptors (Lipinski definition) is 4. The number of aromatic amines is 1. The van der Waals surface area contributed by atoms with E-state index in [9.17, 15) is 8.78 Å². The van der Waals surface area contributed by atoms with E-state index in [0.29, 0.717) is 22.6 Å². The average Bonchev–Trinajstić information content (AvgIpc) is 3.28. The second-order valence-corrected chi connectivity index (χ2v) is 5.25. The maximum atomic E-state index is 14.0. The number of H-pyrrole nitrogens is 1. The molecule has 7 heteroatoms. The fraction of sp³-hybridized carbons (Fsp3) is 0.267. The van der Waals surface area contributed by atoms with Crippen LogP contribution in [0, 0.1) is 12.7 Å². The Morgan fingerprint density at radius 1 is 1.41 bits per heavy atom. The first kappa shape index (κ1) is 14.4. The lowest BCUT2D eigenvalue weighted by Gasteiger charge is -2.06. The number of anilines is 1. The smallest absolute Gasteiger partial charge is 0.187 e. The SMILES string of the molecule is C=C/C(F)=C\c1c(-c2nc(N)c(F)c(C3CC3)n2)n[nH]c1C. The molecule has 1 aliphatic rings. The van der Waals surface area contributed by atoms with Gasteiger partial charge in [0.1, 0.15) is 11.5 Å². The zero-order valence-electron chi connectivity index (χ0n) is 12.0. The molecule has 114 valence electrons. The lowest BCUT2D eigenvalue weighted by molar-refractivity contribution is 0.598. The van der Waals surface area contributed by atoms with Gasteiger partial charge in [-0.25, -0.2) is 18.7 Å². The third-order valence-electron chi connectivity index (χ3n) is 3.55. The molecule has 0 bridgehead atoms. The van der Waals surface area contributed by atoms with E-state index in [0.717, 1.165) is 18.9 Å². The minimum Gasteiger partial charge on any atom is -0.381 e. The van der Waals surface area contributed by atoms with Crippen molar-refractivity contribution < 1.29 is 8.78 Å². The van der Waals surface area contributed by atoms with Gasteiger partial charge in [-0.1, -0.05) is 6.58 Å². The van der Waals surface area contributed by atoms with Crippen LogP contribution in [0.4, 0.5) is 14.6 Å². The van der Waals surface area contributed by atoms with Crippen molar-refractivity contribution in [1.82, 2.24) is 20.2 Å². The summed E-state index contributed by atoms with van der Waals surface area (Å²) in [5.74, 6) is -1.04. The third kappa shape index (κ3) is 2.49. The molecule has 3 rings (SSSR count). The highest BCUT2D eigenvalue weighted by Crippen LogP contribution is 2.41. The monoisotopic (exact) mass is 303 g/mol. The predicted molar refractivity (Wildman–Crippen MR) is 80.0 cm³/mol. The first-order valence-corrected chi connectivity index (χ1v) is 6.89. The van der Waals surface area contributed by atoms with Gasteiger partial charge in [-0.15, -0.1) is 0 Å². The number of nitrogens with one attached hydrogen (secondary N) is 1. The predicted octanol–water partition coefficient (Wildman–Crippen LogP) is 3.27. The lowest BCUT2D eigenvalue weighted by Crippen LogP contribution is -2.05. The van der Waals surface area contributed by atoms with Crippen LogP contribution in [-0.2, 0) is 0 Å². The maximum Gasteiger partial charge on any atom is 0.187 e. The molecular formula is C15H15F2N5. The summed E-state index contributed by atoms with van der Waals surface area (Å²) in [7, 11) is 0. The van der Waals surface area contributed by atoms with Crippen molar-refractivity contribution in [2.45, 2.75) is 25.7 Å². The van der Waals surface area contributed by atoms with Gasteiger partial charge in [0.25, 0.3) is 0 Å². The fourth-order valence-electron chi connectivity index (χ4n) is 2.20. The maximum absolute atomic E-state index is 14.0. The molecule has 1 fully saturated rings. The number of nitrogen functional groups attached to an aromatic ring is 1. The van der Waals surface area contributed by atoms with E-state index in [2.05, 4.69) is 26.7 Å². The van der Waals surface area contributed by atoms with Crippen LogP contribution in [0.25, 0.3) is 17.6 Å². The Morgan fingerprint density at radius 3 is 2.77 bits per heavy atom. The van der Waals surface area contributed by atoms with E-state index >= 15 is 0 Å². The molecule has 2 heterocycles. The summed E-state index contributed by atoms with van der Waals surface area (Å²) in [4.78, 5) is 8.20. The summed E-state index contributed by atoms with van der Waals surface area (Å²) < 4.78 is 27.5. The van der Waals surface area contributed by atoms with Crippen molar-refractivity contribution in [3.8, 4) is 11.5 Å². The van der Waals surface area contributed by atoms with Gasteiger partial charge in [-0.05, 0) is 31.9 Å². The van der Waals surface area contributed by atoms with Crippen LogP contribution in [0.1, 0.15) is 35.7 Å². The molecule has 1 aliphatic carbocycles. The minimum atomic E-state index is -0.576. The van der Waals surface area contributed by atoms with E-state index < -0.39 is 11.6 Å². The number of rotatable bonds is 4. The van der Waals surface area contributed by atoms with Gasteiger partial charge in [-0.3, -0.25) is 5.10 Å². The summed E-state index contributed by atoms with van der Waals surface area (Å²) in [5.41, 5.74) is 7.42. The number of aromatic nitrogens is 4. The van der Waals surface area contributed by atoms with Gasteiger partial charge < -0.3 is 5.73 Å². The minimum absolute atomic E-state index is 0.0768. The second kappa shape index (κ2) is 5.32. The highest BCUT2D eigenvalue weighted by Gasteiger charge is 2.31. The molecule has 2 aromatic heterocycles. The van der Waals surface area contributed by atoms with Gasteiger partial charge in [0.05, 0.1) is 5.69 Å². The Morgan fingerprint density at radius 2 is 2.14 bits per heavy atom. The van der Waals surface area contributed by atoms with Gasteiger partial charge in [0.2, 0.25) is 0 Å². The number of nitrogens with zero attached hydrogens (tertiary/aromatic N) is 3. The summed E-state index contributed by atoms with van der Waals surface area (Å²) in [5, 5.41) is 6.84. The standard InChI is InChI=1S/C15H15F2N5/c1-3-9(16)6-10-7(2)21-22-13(10)15-19-12(8-4-5-8)11(17)14(18)20-15/h3,6,8H,1,4-5H2,2H3,(H,21,22)(H2,18,19,20)/b9-6+. The van der Waals surface area contributed by atoms with Crippen LogP contribution >= 0.6 is 0 Å². The molecular weight excluding hydrogens is 288 g/mol. The van der Waals surface area contributed by atoms with Crippen molar-refractivity contribution in [3.05, 3.63) is 41.3 Å². The van der Waals surface area contributed by atoms with E-state index in [4.69, 9.17) is 5.73 Å². The van der Waals surface area contributed by atoms with Crippen LogP contribution < -0.4 is 5.73 Å². The van der Waals surface area contributed by atoms with Crippen molar-refractivity contribution in [1.29, 1.82) is 0 Å². The Bertz CT molecular complexity index is 774. The summed E-state index contributed by atoms with van der Waals surface area (Å²) in [6, 6.07) is 0. The second-order valence-electron chi connectivity index (χ2n) is 5.25. The van der Waals surface area contributed by atoms with E-state index in [1.807, 2.05) is 0 Å². The molecule has 0 saturated heterocycles. The highest BCUT2D eigenvalue weighted by molar-refractivity contribution is 5.71. The number of allylic oxidation sites excluding steroid dienone is 2. The molecule has 0 aromatic carbocycles. The molecule has 0 unspecified atom stereocenters. The van der Waals surface area contributed by atoms with Gasteiger partial charge in [-0.2, -0.15) is 5.10 Å². The van der Waals surface area contributed by atoms with Crippen LogP contribution in [0.15, 0.2) is 18.5 Å². The van der Waals surface area contributed by atoms with E-state index in [1.165, 1.54) is 6.08 Å². The molecule has 0 aliphatic heterocycles. The van der Waals surface area contributed by atoms with Crippen molar-refractivity contribution in [2.24, 2.45) is 0 Å². The van der Waals surface area contributed by atoms with Crippen molar-refractivity contribution in [3.63, 3.8) is 0 Å². The Balaban J connectivity index is 2.14. The molecule has 22 heavy (non-hydrogen) atoms. The molecule has 0 spiro atoms. The normalized spacial score (nSPS) is 15.1. The number of nitrogens with two attached hydrogens (primary N) is 1. The third-order valence-corrected chi connectivity index (χ3v) is 3.55. The van der Waals surface area contributed by atoms with E-state index in [1.54, 1.807) is 6.92 Å². The van der Waals surface area contributed by atoms with Gasteiger partial charge >= 0.3 is 0 Å². The summed E-state index contributed by atoms with van der Waals surface area (Å²) in [6.07, 6.45) is 4.13. The largest absolute Gasteiger partial charge is 0.381 e. The zero-order chi connectivity index (χ0) is 15.9. The number of hydrogen-bond donors (Lipinski definition) is 2. The quantitative estimate of drug-likeness (QED) is 0.849. The molecule has 1 saturated carbocycles. The molecule has 0 amide bonds. The van der Waals surface area contributed by atoms with Gasteiger partial charge in [0.15, 0.2) is 17.5 Å². The first-order valence-electron chi connectivity index (χ1n) is 6.89. The molecule has 0 radical (unpaired) electrons. The Labute approximate surface area is 126 Å². The summed E-state index contributed by atoms with van der Waals surface area (Å²) >= 11 is 0. The lowest BCUT2D eigenvalue weighted by atomic mass is 10.1. The Hall–Kier alpha value is -2.57. The topological polar surface area (TPSA) is 80.5 Å². The van der Waals surface area contributed by atoms with Crippen LogP contribution in [0.2, 0.25) is 0 Å². The van der Waals surface area contributed by atoms with Crippen LogP contribution in [0.3, 0.4) is 0 Å². The fourth-order valence-corrected chi connectivity index (χ4v) is 2.20. The highest BCUT2D eigenvalue weighted by atomic mass is 19.1.